The lowest BCUT2D eigenvalue weighted by molar-refractivity contribution is -0.254. The second kappa shape index (κ2) is 11.7. The minimum absolute atomic E-state index is 0.391. The Kier molecular flexibility index (Phi) is 7.58. The zero-order valence-electron chi connectivity index (χ0n) is 24.0. The number of fused-ring (bicyclic) bond motifs is 1. The predicted octanol–water partition coefficient (Wildman–Crippen LogP) is 2.29. The first-order valence-electron chi connectivity index (χ1n) is 14.7. The summed E-state index contributed by atoms with van der Waals surface area (Å²) in [7, 11) is 0. The third-order valence-corrected chi connectivity index (χ3v) is 8.66. The first-order chi connectivity index (χ1) is 21.6. The van der Waals surface area contributed by atoms with Crippen molar-refractivity contribution < 1.29 is 24.8 Å². The molecular formula is C33H34N6O5. The van der Waals surface area contributed by atoms with Gasteiger partial charge in [0.2, 0.25) is 5.85 Å². The number of aromatic nitrogens is 4. The van der Waals surface area contributed by atoms with Gasteiger partial charge in [-0.05, 0) is 16.7 Å². The fourth-order valence-corrected chi connectivity index (χ4v) is 6.55. The molecule has 0 amide bonds. The molecule has 0 spiro atoms. The summed E-state index contributed by atoms with van der Waals surface area (Å²) < 4.78 is 13.5. The quantitative estimate of drug-likeness (QED) is 0.198. The highest BCUT2D eigenvalue weighted by molar-refractivity contribution is 5.84. The average molecular weight is 595 g/mol. The largest absolute Gasteiger partial charge is 0.394 e. The number of anilines is 1. The molecule has 2 fully saturated rings. The van der Waals surface area contributed by atoms with Gasteiger partial charge in [-0.15, -0.1) is 0 Å². The molecule has 11 nitrogen and oxygen atoms in total. The van der Waals surface area contributed by atoms with Gasteiger partial charge in [0, 0.05) is 13.1 Å². The van der Waals surface area contributed by atoms with Gasteiger partial charge in [-0.3, -0.25) is 9.47 Å². The van der Waals surface area contributed by atoms with Crippen LogP contribution < -0.4 is 5.32 Å². The molecule has 4 heterocycles. The molecule has 226 valence electrons. The maximum atomic E-state index is 11.5. The summed E-state index contributed by atoms with van der Waals surface area (Å²) in [6.45, 7) is 1.22. The van der Waals surface area contributed by atoms with Crippen LogP contribution in [0.1, 0.15) is 16.7 Å². The van der Waals surface area contributed by atoms with E-state index < -0.39 is 36.3 Å². The monoisotopic (exact) mass is 594 g/mol. The maximum absolute atomic E-state index is 11.5. The summed E-state index contributed by atoms with van der Waals surface area (Å²) in [4.78, 5) is 15.9. The Morgan fingerprint density at radius 1 is 0.818 bits per heavy atom. The third kappa shape index (κ3) is 4.48. The Labute approximate surface area is 254 Å². The summed E-state index contributed by atoms with van der Waals surface area (Å²) in [5, 5.41) is 36.2. The standard InChI is InChI=1S/C33H34N6O5/c40-20-26-28(41)29(42)33(44-26,38-16-18-43-19-17-38)39-22-36-27-30(34-21-35-31(27)39)37-32(23-10-4-1-5-11-23,24-12-6-2-7-13-24)25-14-8-3-9-15-25/h1-15,21-22,26,28-29,40-42H,16-20H2,(H,34,35,37)/t26-,28-,29-,33+/m1/s1. The van der Waals surface area contributed by atoms with Crippen molar-refractivity contribution in [3.8, 4) is 0 Å². The molecule has 0 saturated carbocycles. The Morgan fingerprint density at radius 3 is 1.91 bits per heavy atom. The molecule has 0 unspecified atom stereocenters. The van der Waals surface area contributed by atoms with Crippen LogP contribution in [0.5, 0.6) is 0 Å². The fraction of sp³-hybridized carbons (Fsp3) is 0.303. The predicted molar refractivity (Wildman–Crippen MR) is 162 cm³/mol. The first-order valence-corrected chi connectivity index (χ1v) is 14.7. The molecule has 2 aromatic heterocycles. The molecule has 4 N–H and O–H groups in total. The number of morpholine rings is 1. The van der Waals surface area contributed by atoms with E-state index in [0.717, 1.165) is 16.7 Å². The number of nitrogens with zero attached hydrogens (tertiary/aromatic N) is 5. The minimum Gasteiger partial charge on any atom is -0.394 e. The van der Waals surface area contributed by atoms with E-state index in [-0.39, 0.29) is 0 Å². The van der Waals surface area contributed by atoms with Crippen LogP contribution in [0.25, 0.3) is 11.2 Å². The van der Waals surface area contributed by atoms with Crippen molar-refractivity contribution in [2.45, 2.75) is 29.7 Å². The van der Waals surface area contributed by atoms with E-state index in [2.05, 4.69) is 51.7 Å². The molecule has 3 aromatic carbocycles. The molecule has 0 bridgehead atoms. The highest BCUT2D eigenvalue weighted by Crippen LogP contribution is 2.43. The molecule has 11 heteroatoms. The highest BCUT2D eigenvalue weighted by Gasteiger charge is 2.59. The molecule has 7 rings (SSSR count). The number of rotatable bonds is 8. The van der Waals surface area contributed by atoms with Gasteiger partial charge in [-0.2, -0.15) is 0 Å². The highest BCUT2D eigenvalue weighted by atomic mass is 16.6. The number of hydrogen-bond acceptors (Lipinski definition) is 10. The van der Waals surface area contributed by atoms with E-state index >= 15 is 0 Å². The molecule has 0 radical (unpaired) electrons. The van der Waals surface area contributed by atoms with Gasteiger partial charge in [-0.25, -0.2) is 15.0 Å². The first kappa shape index (κ1) is 28.5. The third-order valence-electron chi connectivity index (χ3n) is 8.66. The molecule has 4 atom stereocenters. The Hall–Kier alpha value is -4.23. The van der Waals surface area contributed by atoms with E-state index in [4.69, 9.17) is 14.5 Å². The fourth-order valence-electron chi connectivity index (χ4n) is 6.55. The average Bonchev–Trinajstić information content (AvgIpc) is 3.65. The van der Waals surface area contributed by atoms with Crippen LogP contribution in [-0.4, -0.2) is 91.0 Å². The van der Waals surface area contributed by atoms with E-state index in [1.54, 1.807) is 10.9 Å². The van der Waals surface area contributed by atoms with Crippen LogP contribution >= 0.6 is 0 Å². The van der Waals surface area contributed by atoms with Crippen molar-refractivity contribution in [2.75, 3.05) is 38.2 Å². The second-order valence-corrected chi connectivity index (χ2v) is 11.0. The van der Waals surface area contributed by atoms with Crippen molar-refractivity contribution in [1.82, 2.24) is 24.4 Å². The summed E-state index contributed by atoms with van der Waals surface area (Å²) in [5.41, 5.74) is 2.97. The van der Waals surface area contributed by atoms with Crippen LogP contribution in [0.15, 0.2) is 104 Å². The molecule has 44 heavy (non-hydrogen) atoms. The molecule has 2 aliphatic rings. The van der Waals surface area contributed by atoms with Crippen LogP contribution in [0, 0.1) is 0 Å². The lowest BCUT2D eigenvalue weighted by atomic mass is 9.77. The Bertz CT molecular complexity index is 1600. The number of nitrogens with one attached hydrogen (secondary N) is 1. The summed E-state index contributed by atoms with van der Waals surface area (Å²) >= 11 is 0. The van der Waals surface area contributed by atoms with Crippen molar-refractivity contribution in [3.63, 3.8) is 0 Å². The number of aliphatic hydroxyl groups excluding tert-OH is 3. The van der Waals surface area contributed by atoms with Crippen LogP contribution in [0.2, 0.25) is 0 Å². The van der Waals surface area contributed by atoms with Crippen LogP contribution in [-0.2, 0) is 20.9 Å². The van der Waals surface area contributed by atoms with Crippen molar-refractivity contribution >= 4 is 17.0 Å². The maximum Gasteiger partial charge on any atom is 0.237 e. The lowest BCUT2D eigenvalue weighted by Gasteiger charge is -2.44. The van der Waals surface area contributed by atoms with E-state index in [1.807, 2.05) is 59.5 Å². The van der Waals surface area contributed by atoms with Gasteiger partial charge in [-0.1, -0.05) is 91.0 Å². The molecule has 2 saturated heterocycles. The smallest absolute Gasteiger partial charge is 0.237 e. The zero-order valence-corrected chi connectivity index (χ0v) is 24.0. The lowest BCUT2D eigenvalue weighted by Crippen LogP contribution is -2.61. The van der Waals surface area contributed by atoms with E-state index in [9.17, 15) is 15.3 Å². The van der Waals surface area contributed by atoms with Crippen molar-refractivity contribution in [2.24, 2.45) is 0 Å². The Balaban J connectivity index is 1.42. The SMILES string of the molecule is OC[C@H]1O[C@@](N2CCOCC2)(n2cnc3c(NC(c4ccccc4)(c4ccccc4)c4ccccc4)ncnc32)[C@H](O)[C@@H]1O. The van der Waals surface area contributed by atoms with Gasteiger partial charge in [0.05, 0.1) is 19.8 Å². The second-order valence-electron chi connectivity index (χ2n) is 11.0. The summed E-state index contributed by atoms with van der Waals surface area (Å²) in [6, 6.07) is 30.5. The summed E-state index contributed by atoms with van der Waals surface area (Å²) in [5.74, 6) is -1.11. The van der Waals surface area contributed by atoms with Crippen molar-refractivity contribution in [3.05, 3.63) is 120 Å². The summed E-state index contributed by atoms with van der Waals surface area (Å²) in [6.07, 6.45) is -0.750. The van der Waals surface area contributed by atoms with Crippen molar-refractivity contribution in [1.29, 1.82) is 0 Å². The number of imidazole rings is 1. The minimum atomic E-state index is -1.58. The number of benzene rings is 3. The van der Waals surface area contributed by atoms with E-state index in [0.29, 0.717) is 43.3 Å². The van der Waals surface area contributed by atoms with Gasteiger partial charge in [0.1, 0.15) is 36.5 Å². The normalized spacial score (nSPS) is 24.5. The number of ether oxygens (including phenoxy) is 2. The van der Waals surface area contributed by atoms with Gasteiger partial charge in [0.25, 0.3) is 0 Å². The number of aliphatic hydroxyl groups is 3. The molecule has 5 aromatic rings. The van der Waals surface area contributed by atoms with Gasteiger partial charge < -0.3 is 30.1 Å². The molecule has 0 aliphatic carbocycles. The van der Waals surface area contributed by atoms with E-state index in [1.165, 1.54) is 6.33 Å². The van der Waals surface area contributed by atoms with Crippen LogP contribution in [0.4, 0.5) is 5.82 Å². The number of hydrogen-bond donors (Lipinski definition) is 4. The molecule has 2 aliphatic heterocycles. The van der Waals surface area contributed by atoms with Gasteiger partial charge >= 0.3 is 0 Å². The molecular weight excluding hydrogens is 560 g/mol. The van der Waals surface area contributed by atoms with Crippen LogP contribution in [0.3, 0.4) is 0 Å². The van der Waals surface area contributed by atoms with Gasteiger partial charge in [0.15, 0.2) is 17.0 Å². The topological polar surface area (TPSA) is 138 Å². The Morgan fingerprint density at radius 2 is 1.39 bits per heavy atom. The zero-order chi connectivity index (χ0) is 30.1.